The van der Waals surface area contributed by atoms with E-state index in [9.17, 15) is 14.2 Å². The van der Waals surface area contributed by atoms with Crippen molar-refractivity contribution in [2.24, 2.45) is 0 Å². The second kappa shape index (κ2) is 9.52. The highest BCUT2D eigenvalue weighted by Gasteiger charge is 2.27. The SMILES string of the molecule is CCOP(=O)(CC(=O)NNC(=O)Nc1ccc(Cl)cc1)OCC. The second-order valence-electron chi connectivity index (χ2n) is 4.24. The van der Waals surface area contributed by atoms with Crippen LogP contribution in [0.15, 0.2) is 24.3 Å². The van der Waals surface area contributed by atoms with Crippen LogP contribution >= 0.6 is 19.2 Å². The first kappa shape index (κ1) is 19.4. The summed E-state index contributed by atoms with van der Waals surface area (Å²) >= 11 is 5.73. The maximum atomic E-state index is 12.1. The molecule has 8 nitrogen and oxygen atoms in total. The molecular weight excluding hydrogens is 345 g/mol. The molecule has 0 saturated carbocycles. The van der Waals surface area contributed by atoms with Crippen LogP contribution in [0.3, 0.4) is 0 Å². The minimum absolute atomic E-state index is 0.148. The number of rotatable bonds is 7. The average molecular weight is 364 g/mol. The molecule has 0 unspecified atom stereocenters. The first-order valence-electron chi connectivity index (χ1n) is 6.88. The van der Waals surface area contributed by atoms with Crippen LogP contribution in [-0.2, 0) is 18.4 Å². The Bertz CT molecular complexity index is 571. The summed E-state index contributed by atoms with van der Waals surface area (Å²) < 4.78 is 22.1. The van der Waals surface area contributed by atoms with Gasteiger partial charge in [0.15, 0.2) is 0 Å². The fraction of sp³-hybridized carbons (Fsp3) is 0.385. The lowest BCUT2D eigenvalue weighted by atomic mass is 10.3. The first-order valence-corrected chi connectivity index (χ1v) is 8.98. The van der Waals surface area contributed by atoms with E-state index in [4.69, 9.17) is 20.6 Å². The molecule has 3 amide bonds. The Morgan fingerprint density at radius 2 is 1.65 bits per heavy atom. The maximum Gasteiger partial charge on any atom is 0.340 e. The molecule has 0 spiro atoms. The Hall–Kier alpha value is -1.60. The monoisotopic (exact) mass is 363 g/mol. The van der Waals surface area contributed by atoms with Crippen LogP contribution in [0.5, 0.6) is 0 Å². The molecule has 0 aliphatic carbocycles. The van der Waals surface area contributed by atoms with Gasteiger partial charge < -0.3 is 14.4 Å². The molecule has 1 aromatic carbocycles. The van der Waals surface area contributed by atoms with Crippen molar-refractivity contribution in [2.75, 3.05) is 24.7 Å². The first-order chi connectivity index (χ1) is 10.9. The van der Waals surface area contributed by atoms with E-state index in [1.54, 1.807) is 38.1 Å². The highest BCUT2D eigenvalue weighted by atomic mass is 35.5. The molecule has 0 aromatic heterocycles. The third kappa shape index (κ3) is 7.47. The summed E-state index contributed by atoms with van der Waals surface area (Å²) in [5.41, 5.74) is 4.76. The lowest BCUT2D eigenvalue weighted by molar-refractivity contribution is -0.119. The van der Waals surface area contributed by atoms with Gasteiger partial charge in [0.25, 0.3) is 5.91 Å². The van der Waals surface area contributed by atoms with Gasteiger partial charge in [0, 0.05) is 10.7 Å². The van der Waals surface area contributed by atoms with Crippen molar-refractivity contribution in [1.82, 2.24) is 10.9 Å². The predicted molar refractivity (Wildman–Crippen MR) is 87.5 cm³/mol. The van der Waals surface area contributed by atoms with E-state index in [1.165, 1.54) is 0 Å². The molecule has 0 saturated heterocycles. The van der Waals surface area contributed by atoms with Crippen molar-refractivity contribution in [3.8, 4) is 0 Å². The number of hydrogen-bond acceptors (Lipinski definition) is 5. The van der Waals surface area contributed by atoms with Gasteiger partial charge in [-0.2, -0.15) is 0 Å². The van der Waals surface area contributed by atoms with Crippen LogP contribution in [0.2, 0.25) is 5.02 Å². The van der Waals surface area contributed by atoms with Crippen LogP contribution in [0.1, 0.15) is 13.8 Å². The van der Waals surface area contributed by atoms with Crippen molar-refractivity contribution in [1.29, 1.82) is 0 Å². The van der Waals surface area contributed by atoms with E-state index in [0.29, 0.717) is 10.7 Å². The van der Waals surface area contributed by atoms with E-state index < -0.39 is 25.7 Å². The predicted octanol–water partition coefficient (Wildman–Crippen LogP) is 2.76. The molecule has 0 fully saturated rings. The number of halogens is 1. The van der Waals surface area contributed by atoms with Gasteiger partial charge in [-0.15, -0.1) is 0 Å². The standard InChI is InChI=1S/C13H19ClN3O5P/c1-3-21-23(20,22-4-2)9-12(18)16-17-13(19)15-11-7-5-10(14)6-8-11/h5-8H,3-4,9H2,1-2H3,(H,16,18)(H2,15,17,19). The lowest BCUT2D eigenvalue weighted by Crippen LogP contribution is -2.45. The topological polar surface area (TPSA) is 106 Å². The summed E-state index contributed by atoms with van der Waals surface area (Å²) in [5.74, 6) is -0.693. The van der Waals surface area contributed by atoms with E-state index in [1.807, 2.05) is 0 Å². The second-order valence-corrected chi connectivity index (χ2v) is 6.73. The van der Waals surface area contributed by atoms with Gasteiger partial charge in [-0.05, 0) is 38.1 Å². The van der Waals surface area contributed by atoms with Gasteiger partial charge in [0.1, 0.15) is 6.16 Å². The van der Waals surface area contributed by atoms with Gasteiger partial charge in [-0.3, -0.25) is 14.8 Å². The average Bonchev–Trinajstić information content (AvgIpc) is 2.48. The van der Waals surface area contributed by atoms with Gasteiger partial charge >= 0.3 is 13.6 Å². The van der Waals surface area contributed by atoms with Crippen LogP contribution < -0.4 is 16.2 Å². The molecule has 0 radical (unpaired) electrons. The quantitative estimate of drug-likeness (QED) is 0.510. The highest BCUT2D eigenvalue weighted by Crippen LogP contribution is 2.47. The van der Waals surface area contributed by atoms with E-state index in [0.717, 1.165) is 0 Å². The molecule has 0 bridgehead atoms. The van der Waals surface area contributed by atoms with Crippen LogP contribution in [0.25, 0.3) is 0 Å². The number of hydrogen-bond donors (Lipinski definition) is 3. The van der Waals surface area contributed by atoms with Gasteiger partial charge in [0.05, 0.1) is 13.2 Å². The Morgan fingerprint density at radius 3 is 2.17 bits per heavy atom. The molecular formula is C13H19ClN3O5P. The van der Waals surface area contributed by atoms with Crippen molar-refractivity contribution in [3.63, 3.8) is 0 Å². The van der Waals surface area contributed by atoms with Crippen molar-refractivity contribution < 1.29 is 23.2 Å². The molecule has 0 aliphatic heterocycles. The van der Waals surface area contributed by atoms with Gasteiger partial charge in [-0.1, -0.05) is 11.6 Å². The molecule has 3 N–H and O–H groups in total. The van der Waals surface area contributed by atoms with Crippen LogP contribution in [0, 0.1) is 0 Å². The Kier molecular flexibility index (Phi) is 8.05. The number of nitrogens with one attached hydrogen (secondary N) is 3. The third-order valence-corrected chi connectivity index (χ3v) is 4.64. The van der Waals surface area contributed by atoms with E-state index in [-0.39, 0.29) is 13.2 Å². The highest BCUT2D eigenvalue weighted by molar-refractivity contribution is 7.54. The molecule has 0 heterocycles. The van der Waals surface area contributed by atoms with Crippen molar-refractivity contribution in [3.05, 3.63) is 29.3 Å². The third-order valence-electron chi connectivity index (χ3n) is 2.41. The summed E-state index contributed by atoms with van der Waals surface area (Å²) in [4.78, 5) is 23.3. The molecule has 23 heavy (non-hydrogen) atoms. The number of anilines is 1. The van der Waals surface area contributed by atoms with Gasteiger partial charge in [-0.25, -0.2) is 10.2 Å². The number of carbonyl (C=O) groups is 2. The normalized spacial score (nSPS) is 10.9. The van der Waals surface area contributed by atoms with Gasteiger partial charge in [0.2, 0.25) is 0 Å². The Labute approximate surface area is 139 Å². The fourth-order valence-corrected chi connectivity index (χ4v) is 3.16. The summed E-state index contributed by atoms with van der Waals surface area (Å²) in [6.07, 6.45) is -0.490. The summed E-state index contributed by atoms with van der Waals surface area (Å²) in [6.45, 7) is 3.58. The fourth-order valence-electron chi connectivity index (χ4n) is 1.56. The zero-order chi connectivity index (χ0) is 17.3. The number of amides is 3. The molecule has 1 rings (SSSR count). The van der Waals surface area contributed by atoms with E-state index >= 15 is 0 Å². The van der Waals surface area contributed by atoms with Crippen LogP contribution in [-0.4, -0.2) is 31.3 Å². The largest absolute Gasteiger partial charge is 0.340 e. The summed E-state index contributed by atoms with van der Waals surface area (Å²) in [7, 11) is -3.51. The zero-order valence-electron chi connectivity index (χ0n) is 12.8. The van der Waals surface area contributed by atoms with Crippen molar-refractivity contribution in [2.45, 2.75) is 13.8 Å². The number of urea groups is 1. The number of carbonyl (C=O) groups excluding carboxylic acids is 2. The minimum atomic E-state index is -3.51. The minimum Gasteiger partial charge on any atom is -0.309 e. The summed E-state index contributed by atoms with van der Waals surface area (Å²) in [6, 6.07) is 5.75. The zero-order valence-corrected chi connectivity index (χ0v) is 14.4. The Balaban J connectivity index is 2.44. The smallest absolute Gasteiger partial charge is 0.309 e. The summed E-state index contributed by atoms with van der Waals surface area (Å²) in [5, 5.41) is 3.02. The number of hydrazine groups is 1. The van der Waals surface area contributed by atoms with Crippen LogP contribution in [0.4, 0.5) is 10.5 Å². The number of benzene rings is 1. The molecule has 1 aromatic rings. The molecule has 0 aliphatic rings. The maximum absolute atomic E-state index is 12.1. The van der Waals surface area contributed by atoms with E-state index in [2.05, 4.69) is 16.2 Å². The molecule has 0 atom stereocenters. The Morgan fingerprint density at radius 1 is 1.09 bits per heavy atom. The van der Waals surface area contributed by atoms with Crippen molar-refractivity contribution >= 4 is 36.8 Å². The molecule has 10 heteroatoms. The molecule has 128 valence electrons. The lowest BCUT2D eigenvalue weighted by Gasteiger charge is -2.16.